The van der Waals surface area contributed by atoms with Gasteiger partial charge in [-0.15, -0.1) is 0 Å². The van der Waals surface area contributed by atoms with Crippen molar-refractivity contribution < 1.29 is 56.6 Å². The minimum Gasteiger partial charge on any atom is -0.479 e. The molecule has 0 bridgehead atoms. The minimum absolute atomic E-state index is 0.212. The van der Waals surface area contributed by atoms with Gasteiger partial charge in [0, 0.05) is 25.9 Å². The van der Waals surface area contributed by atoms with E-state index < -0.39 is 84.1 Å². The van der Waals surface area contributed by atoms with Gasteiger partial charge in [0.05, 0.1) is 12.1 Å². The normalized spacial score (nSPS) is 37.2. The van der Waals surface area contributed by atoms with Crippen LogP contribution in [0.15, 0.2) is 0 Å². The molecule has 1 saturated carbocycles. The van der Waals surface area contributed by atoms with Crippen molar-refractivity contribution in [1.82, 2.24) is 5.32 Å². The number of nitrogens with one attached hydrogen (secondary N) is 1. The third kappa shape index (κ3) is 7.81. The lowest BCUT2D eigenvalue weighted by molar-refractivity contribution is -0.294. The summed E-state index contributed by atoms with van der Waals surface area (Å²) in [7, 11) is -5.03. The third-order valence-corrected chi connectivity index (χ3v) is 6.39. The Morgan fingerprint density at radius 1 is 1.09 bits per heavy atom. The zero-order valence-electron chi connectivity index (χ0n) is 19.5. The van der Waals surface area contributed by atoms with Crippen molar-refractivity contribution in [3.05, 3.63) is 0 Å². The van der Waals surface area contributed by atoms with Crippen LogP contribution in [0.25, 0.3) is 0 Å². The van der Waals surface area contributed by atoms with Gasteiger partial charge in [0.2, 0.25) is 5.91 Å². The molecule has 1 saturated heterocycles. The Morgan fingerprint density at radius 2 is 1.71 bits per heavy atom. The smallest absolute Gasteiger partial charge is 0.397 e. The molecular weight excluding hydrogens is 478 g/mol. The Morgan fingerprint density at radius 3 is 2.18 bits per heavy atom. The SMILES string of the molecule is CC(=O)NC1C(OC2OC(C(=O)O)[C@@H](O)C[C@@H]2O)C(OS(=O)(=O)O)C(CO)C[C@H]1CC(C)(C)C. The first-order chi connectivity index (χ1) is 15.5. The van der Waals surface area contributed by atoms with Crippen LogP contribution in [0, 0.1) is 17.3 Å². The van der Waals surface area contributed by atoms with E-state index in [9.17, 15) is 43.0 Å². The van der Waals surface area contributed by atoms with Crippen molar-refractivity contribution in [1.29, 1.82) is 0 Å². The number of aliphatic carboxylic acids is 1. The molecule has 0 aromatic carbocycles. The fourth-order valence-corrected chi connectivity index (χ4v) is 5.31. The lowest BCUT2D eigenvalue weighted by atomic mass is 9.69. The summed E-state index contributed by atoms with van der Waals surface area (Å²) in [5.74, 6) is -3.19. The molecule has 34 heavy (non-hydrogen) atoms. The lowest BCUT2D eigenvalue weighted by Crippen LogP contribution is -2.63. The van der Waals surface area contributed by atoms with E-state index in [-0.39, 0.29) is 17.8 Å². The van der Waals surface area contributed by atoms with E-state index in [1.807, 2.05) is 20.8 Å². The van der Waals surface area contributed by atoms with Crippen molar-refractivity contribution in [2.24, 2.45) is 17.3 Å². The highest BCUT2D eigenvalue weighted by Crippen LogP contribution is 2.41. The Labute approximate surface area is 198 Å². The number of carbonyl (C=O) groups is 2. The highest BCUT2D eigenvalue weighted by Gasteiger charge is 2.51. The number of aliphatic hydroxyl groups excluding tert-OH is 3. The maximum absolute atomic E-state index is 12.0. The number of hydrogen-bond donors (Lipinski definition) is 6. The number of rotatable bonds is 8. The summed E-state index contributed by atoms with van der Waals surface area (Å²) in [6.45, 7) is 6.56. The summed E-state index contributed by atoms with van der Waals surface area (Å²) in [5, 5.41) is 42.3. The van der Waals surface area contributed by atoms with Gasteiger partial charge in [0.25, 0.3) is 0 Å². The second-order valence-electron chi connectivity index (χ2n) is 10.2. The lowest BCUT2D eigenvalue weighted by Gasteiger charge is -2.48. The number of amides is 1. The maximum Gasteiger partial charge on any atom is 0.397 e. The molecule has 198 valence electrons. The molecule has 0 aromatic heterocycles. The summed E-state index contributed by atoms with van der Waals surface area (Å²) in [6.07, 6.45) is -8.94. The number of aliphatic hydroxyl groups is 3. The van der Waals surface area contributed by atoms with Crippen molar-refractivity contribution in [2.45, 2.75) is 89.8 Å². The fraction of sp³-hybridized carbons (Fsp3) is 0.900. The van der Waals surface area contributed by atoms with Crippen molar-refractivity contribution in [3.8, 4) is 0 Å². The number of carboxylic acid groups (broad SMARTS) is 1. The molecule has 0 aromatic rings. The van der Waals surface area contributed by atoms with Gasteiger partial charge in [-0.25, -0.2) is 8.98 Å². The molecule has 1 aliphatic heterocycles. The van der Waals surface area contributed by atoms with Crippen LogP contribution in [0.3, 0.4) is 0 Å². The summed E-state index contributed by atoms with van der Waals surface area (Å²) >= 11 is 0. The number of carbonyl (C=O) groups excluding carboxylic acids is 1. The largest absolute Gasteiger partial charge is 0.479 e. The quantitative estimate of drug-likeness (QED) is 0.217. The Kier molecular flexibility index (Phi) is 9.43. The van der Waals surface area contributed by atoms with E-state index in [1.165, 1.54) is 6.92 Å². The zero-order valence-corrected chi connectivity index (χ0v) is 20.3. The second-order valence-corrected chi connectivity index (χ2v) is 11.2. The van der Waals surface area contributed by atoms with Gasteiger partial charge in [-0.2, -0.15) is 8.42 Å². The molecule has 14 heteroatoms. The van der Waals surface area contributed by atoms with Crippen LogP contribution in [0.5, 0.6) is 0 Å². The molecule has 0 radical (unpaired) electrons. The molecule has 1 aliphatic carbocycles. The van der Waals surface area contributed by atoms with E-state index in [0.717, 1.165) is 0 Å². The average Bonchev–Trinajstić information content (AvgIpc) is 2.65. The predicted octanol–water partition coefficient (Wildman–Crippen LogP) is -0.950. The first kappa shape index (κ1) is 28.8. The molecule has 6 unspecified atom stereocenters. The van der Waals surface area contributed by atoms with Gasteiger partial charge in [0.15, 0.2) is 12.4 Å². The highest BCUT2D eigenvalue weighted by molar-refractivity contribution is 7.80. The van der Waals surface area contributed by atoms with E-state index >= 15 is 0 Å². The summed E-state index contributed by atoms with van der Waals surface area (Å²) in [4.78, 5) is 23.5. The van der Waals surface area contributed by atoms with Crippen LogP contribution in [0.2, 0.25) is 0 Å². The predicted molar refractivity (Wildman–Crippen MR) is 115 cm³/mol. The molecule has 2 aliphatic rings. The van der Waals surface area contributed by atoms with Crippen LogP contribution in [-0.4, -0.2) is 94.7 Å². The zero-order chi connectivity index (χ0) is 26.0. The molecule has 1 amide bonds. The van der Waals surface area contributed by atoms with Gasteiger partial charge < -0.3 is 35.2 Å². The summed E-state index contributed by atoms with van der Waals surface area (Å²) in [6, 6.07) is -0.905. The molecule has 2 fully saturated rings. The Bertz CT molecular complexity index is 828. The van der Waals surface area contributed by atoms with Crippen LogP contribution in [0.4, 0.5) is 0 Å². The van der Waals surface area contributed by atoms with Crippen LogP contribution < -0.4 is 5.32 Å². The van der Waals surface area contributed by atoms with Crippen molar-refractivity contribution >= 4 is 22.3 Å². The highest BCUT2D eigenvalue weighted by atomic mass is 32.3. The van der Waals surface area contributed by atoms with Crippen molar-refractivity contribution in [2.75, 3.05) is 6.61 Å². The monoisotopic (exact) mass is 513 g/mol. The maximum atomic E-state index is 12.0. The number of hydrogen-bond acceptors (Lipinski definition) is 10. The number of ether oxygens (including phenoxy) is 2. The first-order valence-electron chi connectivity index (χ1n) is 11.0. The van der Waals surface area contributed by atoms with Crippen LogP contribution >= 0.6 is 0 Å². The molecular formula is C20H35NO12S. The summed E-state index contributed by atoms with van der Waals surface area (Å²) < 4.78 is 48.5. The molecule has 0 spiro atoms. The van der Waals surface area contributed by atoms with E-state index in [1.54, 1.807) is 0 Å². The van der Waals surface area contributed by atoms with Crippen LogP contribution in [-0.2, 0) is 33.6 Å². The van der Waals surface area contributed by atoms with Gasteiger partial charge in [-0.3, -0.25) is 9.35 Å². The van der Waals surface area contributed by atoms with Gasteiger partial charge in [-0.05, 0) is 24.2 Å². The molecule has 13 nitrogen and oxygen atoms in total. The average molecular weight is 514 g/mol. The minimum atomic E-state index is -5.03. The van der Waals surface area contributed by atoms with Gasteiger partial charge in [-0.1, -0.05) is 20.8 Å². The molecule has 1 heterocycles. The first-order valence-corrected chi connectivity index (χ1v) is 12.3. The fourth-order valence-electron chi connectivity index (χ4n) is 4.76. The molecule has 6 N–H and O–H groups in total. The van der Waals surface area contributed by atoms with Gasteiger partial charge >= 0.3 is 16.4 Å². The van der Waals surface area contributed by atoms with Gasteiger partial charge in [0.1, 0.15) is 18.3 Å². The standard InChI is InChI=1S/C20H35NO12S/c1-9(23)21-14-10(7-20(2,3)4)5-11(8-22)15(33-34(28,29)30)17(14)32-19-13(25)6-12(24)16(31-19)18(26)27/h10-17,19,22,24-25H,5-8H2,1-4H3,(H,21,23)(H,26,27)(H,28,29,30)/t10-,11?,12-,13-,14?,15?,16?,17?,19?/m0/s1. The Hall–Kier alpha value is -1.39. The second kappa shape index (κ2) is 11.1. The molecule has 9 atom stereocenters. The van der Waals surface area contributed by atoms with E-state index in [0.29, 0.717) is 6.42 Å². The number of carboxylic acids is 1. The topological polar surface area (TPSA) is 209 Å². The van der Waals surface area contributed by atoms with E-state index in [4.69, 9.17) is 13.7 Å². The molecule has 2 rings (SSSR count). The Balaban J connectivity index is 2.49. The van der Waals surface area contributed by atoms with Crippen LogP contribution in [0.1, 0.15) is 47.0 Å². The summed E-state index contributed by atoms with van der Waals surface area (Å²) in [5.41, 5.74) is -0.248. The van der Waals surface area contributed by atoms with E-state index in [2.05, 4.69) is 5.32 Å². The third-order valence-electron chi connectivity index (χ3n) is 5.93. The van der Waals surface area contributed by atoms with Crippen molar-refractivity contribution in [3.63, 3.8) is 0 Å².